The molecule has 8 nitrogen and oxygen atoms in total. The van der Waals surface area contributed by atoms with E-state index in [2.05, 4.69) is 25.5 Å². The Morgan fingerprint density at radius 2 is 2.18 bits per heavy atom. The summed E-state index contributed by atoms with van der Waals surface area (Å²) in [7, 11) is 1.81. The normalized spacial score (nSPS) is 13.9. The highest BCUT2D eigenvalue weighted by molar-refractivity contribution is 5.56. The number of nitrogens with zero attached hydrogens (tertiary/aromatic N) is 5. The second kappa shape index (κ2) is 5.23. The van der Waals surface area contributed by atoms with Crippen LogP contribution in [0.3, 0.4) is 0 Å². The fraction of sp³-hybridized carbons (Fsp3) is 0.286. The van der Waals surface area contributed by atoms with E-state index >= 15 is 0 Å². The predicted octanol–water partition coefficient (Wildman–Crippen LogP) is 1.57. The van der Waals surface area contributed by atoms with Crippen LogP contribution in [-0.2, 0) is 17.9 Å². The maximum Gasteiger partial charge on any atom is 0.278 e. The van der Waals surface area contributed by atoms with Gasteiger partial charge in [-0.25, -0.2) is 4.98 Å². The lowest BCUT2D eigenvalue weighted by molar-refractivity contribution is 0.0801. The molecule has 8 heteroatoms. The van der Waals surface area contributed by atoms with Gasteiger partial charge in [0.1, 0.15) is 11.5 Å². The minimum absolute atomic E-state index is 0.383. The molecule has 112 valence electrons. The summed E-state index contributed by atoms with van der Waals surface area (Å²) in [5.74, 6) is 1.57. The van der Waals surface area contributed by atoms with Gasteiger partial charge in [0.25, 0.3) is 5.89 Å². The Bertz CT molecular complexity index is 786. The number of aromatic nitrogens is 5. The van der Waals surface area contributed by atoms with Crippen LogP contribution < -0.4 is 5.32 Å². The molecule has 4 rings (SSSR count). The Balaban J connectivity index is 1.67. The van der Waals surface area contributed by atoms with Gasteiger partial charge in [0.15, 0.2) is 5.69 Å². The summed E-state index contributed by atoms with van der Waals surface area (Å²) >= 11 is 0. The van der Waals surface area contributed by atoms with Crippen molar-refractivity contribution in [2.45, 2.75) is 13.2 Å². The summed E-state index contributed by atoms with van der Waals surface area (Å²) < 4.78 is 12.6. The molecule has 0 saturated heterocycles. The van der Waals surface area contributed by atoms with Gasteiger partial charge < -0.3 is 14.6 Å². The molecule has 0 unspecified atom stereocenters. The molecule has 3 aromatic heterocycles. The SMILES string of the molecule is CNc1cccc(-c2noc(-c3cc4n(n3)CCOC4)n2)n1. The molecule has 0 atom stereocenters. The Morgan fingerprint density at radius 1 is 1.23 bits per heavy atom. The fourth-order valence-electron chi connectivity index (χ4n) is 2.33. The molecule has 0 fully saturated rings. The van der Waals surface area contributed by atoms with Gasteiger partial charge in [0.05, 0.1) is 25.5 Å². The molecule has 0 aromatic carbocycles. The molecule has 0 bridgehead atoms. The van der Waals surface area contributed by atoms with Crippen LogP contribution in [0.2, 0.25) is 0 Å². The van der Waals surface area contributed by atoms with E-state index in [4.69, 9.17) is 9.26 Å². The molecular weight excluding hydrogens is 284 g/mol. The third-order valence-electron chi connectivity index (χ3n) is 3.44. The molecule has 1 aliphatic heterocycles. The van der Waals surface area contributed by atoms with Gasteiger partial charge in [-0.15, -0.1) is 0 Å². The highest BCUT2D eigenvalue weighted by Gasteiger charge is 2.18. The van der Waals surface area contributed by atoms with Gasteiger partial charge in [0, 0.05) is 7.05 Å². The third kappa shape index (κ3) is 2.23. The largest absolute Gasteiger partial charge is 0.373 e. The summed E-state index contributed by atoms with van der Waals surface area (Å²) in [5.41, 5.74) is 2.31. The average molecular weight is 298 g/mol. The fourth-order valence-corrected chi connectivity index (χ4v) is 2.33. The number of hydrogen-bond acceptors (Lipinski definition) is 7. The van der Waals surface area contributed by atoms with Crippen LogP contribution in [0, 0.1) is 0 Å². The first-order chi connectivity index (χ1) is 10.8. The average Bonchev–Trinajstić information content (AvgIpc) is 3.21. The van der Waals surface area contributed by atoms with Crippen molar-refractivity contribution >= 4 is 5.82 Å². The van der Waals surface area contributed by atoms with Gasteiger partial charge >= 0.3 is 0 Å². The molecule has 4 heterocycles. The van der Waals surface area contributed by atoms with Crippen molar-refractivity contribution in [2.75, 3.05) is 19.0 Å². The minimum atomic E-state index is 0.383. The lowest BCUT2D eigenvalue weighted by atomic mass is 10.3. The Morgan fingerprint density at radius 3 is 3.05 bits per heavy atom. The van der Waals surface area contributed by atoms with Crippen molar-refractivity contribution in [3.8, 4) is 23.1 Å². The van der Waals surface area contributed by atoms with Crippen LogP contribution in [0.25, 0.3) is 23.1 Å². The van der Waals surface area contributed by atoms with Gasteiger partial charge in [0.2, 0.25) is 5.82 Å². The number of nitrogens with one attached hydrogen (secondary N) is 1. The number of pyridine rings is 1. The molecule has 0 radical (unpaired) electrons. The maximum absolute atomic E-state index is 5.40. The number of hydrogen-bond donors (Lipinski definition) is 1. The van der Waals surface area contributed by atoms with E-state index in [1.165, 1.54) is 0 Å². The minimum Gasteiger partial charge on any atom is -0.373 e. The molecule has 1 N–H and O–H groups in total. The molecule has 3 aromatic rings. The number of anilines is 1. The summed E-state index contributed by atoms with van der Waals surface area (Å²) in [6.45, 7) is 1.96. The highest BCUT2D eigenvalue weighted by Crippen LogP contribution is 2.23. The topological polar surface area (TPSA) is 90.9 Å². The predicted molar refractivity (Wildman–Crippen MR) is 78.0 cm³/mol. The number of fused-ring (bicyclic) bond motifs is 1. The summed E-state index contributed by atoms with van der Waals surface area (Å²) in [5, 5.41) is 11.4. The van der Waals surface area contributed by atoms with E-state index in [-0.39, 0.29) is 0 Å². The third-order valence-corrected chi connectivity index (χ3v) is 3.44. The zero-order valence-electron chi connectivity index (χ0n) is 12.0. The van der Waals surface area contributed by atoms with Gasteiger partial charge in [-0.3, -0.25) is 4.68 Å². The second-order valence-corrected chi connectivity index (χ2v) is 4.88. The molecule has 0 amide bonds. The van der Waals surface area contributed by atoms with Crippen LogP contribution in [0.15, 0.2) is 28.8 Å². The van der Waals surface area contributed by atoms with E-state index in [0.717, 1.165) is 18.1 Å². The zero-order valence-corrected chi connectivity index (χ0v) is 12.0. The molecule has 0 spiro atoms. The molecular formula is C14H14N6O2. The van der Waals surface area contributed by atoms with Crippen molar-refractivity contribution in [3.05, 3.63) is 30.0 Å². The van der Waals surface area contributed by atoms with E-state index in [1.54, 1.807) is 0 Å². The number of ether oxygens (including phenoxy) is 1. The quantitative estimate of drug-likeness (QED) is 0.784. The van der Waals surface area contributed by atoms with Gasteiger partial charge in [-0.2, -0.15) is 10.1 Å². The smallest absolute Gasteiger partial charge is 0.278 e. The van der Waals surface area contributed by atoms with Crippen LogP contribution in [0.1, 0.15) is 5.69 Å². The van der Waals surface area contributed by atoms with E-state index in [9.17, 15) is 0 Å². The van der Waals surface area contributed by atoms with Crippen LogP contribution in [0.5, 0.6) is 0 Å². The molecule has 22 heavy (non-hydrogen) atoms. The van der Waals surface area contributed by atoms with Crippen molar-refractivity contribution in [1.82, 2.24) is 24.9 Å². The number of rotatable bonds is 3. The van der Waals surface area contributed by atoms with E-state index in [0.29, 0.717) is 36.3 Å². The van der Waals surface area contributed by atoms with Crippen molar-refractivity contribution < 1.29 is 9.26 Å². The van der Waals surface area contributed by atoms with Crippen molar-refractivity contribution in [3.63, 3.8) is 0 Å². The zero-order chi connectivity index (χ0) is 14.9. The van der Waals surface area contributed by atoms with Gasteiger partial charge in [-0.1, -0.05) is 11.2 Å². The van der Waals surface area contributed by atoms with Crippen LogP contribution in [-0.4, -0.2) is 38.6 Å². The first-order valence-corrected chi connectivity index (χ1v) is 6.97. The summed E-state index contributed by atoms with van der Waals surface area (Å²) in [6.07, 6.45) is 0. The standard InChI is InChI=1S/C14H14N6O2/c1-15-12-4-2-3-10(16-12)13-17-14(22-19-13)11-7-9-8-21-6-5-20(9)18-11/h2-4,7H,5-6,8H2,1H3,(H,15,16). The summed E-state index contributed by atoms with van der Waals surface area (Å²) in [6, 6.07) is 7.50. The first-order valence-electron chi connectivity index (χ1n) is 6.97. The Kier molecular flexibility index (Phi) is 3.08. The molecule has 0 aliphatic carbocycles. The maximum atomic E-state index is 5.40. The van der Waals surface area contributed by atoms with Gasteiger partial charge in [-0.05, 0) is 18.2 Å². The monoisotopic (exact) mass is 298 g/mol. The molecule has 1 aliphatic rings. The first kappa shape index (κ1) is 13.0. The van der Waals surface area contributed by atoms with Crippen molar-refractivity contribution in [2.24, 2.45) is 0 Å². The highest BCUT2D eigenvalue weighted by atomic mass is 16.5. The van der Waals surface area contributed by atoms with E-state index in [1.807, 2.05) is 36.0 Å². The Labute approximate surface area is 126 Å². The lowest BCUT2D eigenvalue weighted by Gasteiger charge is -2.12. The second-order valence-electron chi connectivity index (χ2n) is 4.88. The van der Waals surface area contributed by atoms with Crippen LogP contribution >= 0.6 is 0 Å². The molecule has 0 saturated carbocycles. The van der Waals surface area contributed by atoms with Crippen LogP contribution in [0.4, 0.5) is 5.82 Å². The van der Waals surface area contributed by atoms with E-state index < -0.39 is 0 Å². The van der Waals surface area contributed by atoms with Crippen molar-refractivity contribution in [1.29, 1.82) is 0 Å². The Hall–Kier alpha value is -2.74. The summed E-state index contributed by atoms with van der Waals surface area (Å²) in [4.78, 5) is 8.78. The lowest BCUT2D eigenvalue weighted by Crippen LogP contribution is -2.16.